The second-order valence-corrected chi connectivity index (χ2v) is 8.51. The van der Waals surface area contributed by atoms with E-state index in [0.29, 0.717) is 48.0 Å². The predicted octanol–water partition coefficient (Wildman–Crippen LogP) is 4.25. The van der Waals surface area contributed by atoms with Crippen molar-refractivity contribution in [1.29, 1.82) is 0 Å². The van der Waals surface area contributed by atoms with Gasteiger partial charge in [0, 0.05) is 37.1 Å². The maximum Gasteiger partial charge on any atom is 0.254 e. The van der Waals surface area contributed by atoms with E-state index in [1.54, 1.807) is 6.07 Å². The maximum atomic E-state index is 14.4. The number of ether oxygens (including phenoxy) is 1. The Hall–Kier alpha value is -3.37. The van der Waals surface area contributed by atoms with Gasteiger partial charge in [-0.3, -0.25) is 9.78 Å². The molecule has 0 saturated carbocycles. The Morgan fingerprint density at radius 2 is 2.17 bits per heavy atom. The summed E-state index contributed by atoms with van der Waals surface area (Å²) in [6.07, 6.45) is 4.89. The number of hydrogen-bond acceptors (Lipinski definition) is 7. The number of nitrogens with one attached hydrogen (secondary N) is 2. The van der Waals surface area contributed by atoms with Crippen LogP contribution in [-0.2, 0) is 0 Å². The molecule has 0 aliphatic carbocycles. The van der Waals surface area contributed by atoms with E-state index < -0.39 is 12.0 Å². The number of carbonyl (C=O) groups excluding carboxylic acids is 1. The Morgan fingerprint density at radius 1 is 1.31 bits per heavy atom. The number of hydrogen-bond donors (Lipinski definition) is 2. The third-order valence-corrected chi connectivity index (χ3v) is 5.85. The minimum Gasteiger partial charge on any atom is -0.491 e. The Morgan fingerprint density at radius 3 is 2.94 bits per heavy atom. The molecule has 1 aliphatic rings. The lowest BCUT2D eigenvalue weighted by molar-refractivity contribution is 0.0952. The molecular weight excluding hydrogens is 478 g/mol. The number of rotatable bonds is 9. The zero-order chi connectivity index (χ0) is 24.8. The fraction of sp³-hybridized carbons (Fsp3) is 0.333. The monoisotopic (exact) mass is 502 g/mol. The van der Waals surface area contributed by atoms with Gasteiger partial charge in [-0.05, 0) is 43.7 Å². The van der Waals surface area contributed by atoms with Crippen LogP contribution in [0.15, 0.2) is 42.9 Å². The molecule has 0 spiro atoms. The summed E-state index contributed by atoms with van der Waals surface area (Å²) < 4.78 is 33.0. The van der Waals surface area contributed by atoms with E-state index in [-0.39, 0.29) is 23.1 Å². The predicted molar refractivity (Wildman–Crippen MR) is 129 cm³/mol. The number of amides is 1. The number of halogens is 3. The molecule has 1 fully saturated rings. The maximum absolute atomic E-state index is 14.4. The highest BCUT2D eigenvalue weighted by atomic mass is 35.5. The molecule has 1 aliphatic heterocycles. The summed E-state index contributed by atoms with van der Waals surface area (Å²) >= 11 is 6.01. The van der Waals surface area contributed by atoms with Gasteiger partial charge in [0.05, 0.1) is 30.1 Å². The fourth-order valence-corrected chi connectivity index (χ4v) is 3.98. The van der Waals surface area contributed by atoms with Crippen LogP contribution >= 0.6 is 11.6 Å². The number of nitrogens with zero attached hydrogens (tertiary/aromatic N) is 4. The molecule has 8 nitrogen and oxygen atoms in total. The number of alkyl halides is 1. The summed E-state index contributed by atoms with van der Waals surface area (Å²) in [4.78, 5) is 27.5. The summed E-state index contributed by atoms with van der Waals surface area (Å²) in [5, 5.41) is 6.29. The second-order valence-electron chi connectivity index (χ2n) is 8.08. The summed E-state index contributed by atoms with van der Waals surface area (Å²) in [7, 11) is 1.45. The lowest BCUT2D eigenvalue weighted by atomic mass is 10.2. The first-order chi connectivity index (χ1) is 16.9. The average molecular weight is 503 g/mol. The third kappa shape index (κ3) is 6.20. The van der Waals surface area contributed by atoms with Crippen LogP contribution in [0, 0.1) is 5.82 Å². The molecule has 2 N–H and O–H groups in total. The first-order valence-corrected chi connectivity index (χ1v) is 11.5. The fourth-order valence-electron chi connectivity index (χ4n) is 3.81. The highest BCUT2D eigenvalue weighted by Crippen LogP contribution is 2.30. The van der Waals surface area contributed by atoms with E-state index in [9.17, 15) is 13.6 Å². The molecule has 11 heteroatoms. The number of methoxy groups -OCH3 is 1. The van der Waals surface area contributed by atoms with Crippen molar-refractivity contribution in [2.45, 2.75) is 19.0 Å². The number of pyridine rings is 1. The van der Waals surface area contributed by atoms with Crippen molar-refractivity contribution >= 4 is 29.0 Å². The summed E-state index contributed by atoms with van der Waals surface area (Å²) in [5.74, 6) is -0.196. The van der Waals surface area contributed by atoms with Crippen molar-refractivity contribution in [2.75, 3.05) is 38.6 Å². The summed E-state index contributed by atoms with van der Waals surface area (Å²) in [6.45, 7) is 2.36. The number of carbonyl (C=O) groups is 1. The van der Waals surface area contributed by atoms with Gasteiger partial charge in [0.25, 0.3) is 5.91 Å². The van der Waals surface area contributed by atoms with E-state index in [0.717, 1.165) is 13.1 Å². The van der Waals surface area contributed by atoms with Crippen molar-refractivity contribution in [1.82, 2.24) is 25.2 Å². The normalized spacial score (nSPS) is 15.7. The molecular formula is C24H25ClF2N6O2. The van der Waals surface area contributed by atoms with Gasteiger partial charge >= 0.3 is 0 Å². The molecule has 3 aromatic rings. The van der Waals surface area contributed by atoms with Crippen LogP contribution in [0.2, 0.25) is 5.02 Å². The quantitative estimate of drug-likeness (QED) is 0.423. The van der Waals surface area contributed by atoms with Gasteiger partial charge < -0.3 is 20.3 Å². The highest BCUT2D eigenvalue weighted by molar-refractivity contribution is 6.30. The van der Waals surface area contributed by atoms with Crippen LogP contribution in [0.25, 0.3) is 11.4 Å². The smallest absolute Gasteiger partial charge is 0.254 e. The van der Waals surface area contributed by atoms with Gasteiger partial charge in [0.1, 0.15) is 12.0 Å². The Kier molecular flexibility index (Phi) is 8.04. The number of anilines is 2. The zero-order valence-corrected chi connectivity index (χ0v) is 19.9. The van der Waals surface area contributed by atoms with Crippen LogP contribution in [0.1, 0.15) is 23.2 Å². The first kappa shape index (κ1) is 24.7. The van der Waals surface area contributed by atoms with E-state index in [1.807, 2.05) is 0 Å². The molecule has 1 aromatic carbocycles. The van der Waals surface area contributed by atoms with Crippen molar-refractivity contribution in [2.24, 2.45) is 0 Å². The molecule has 184 valence electrons. The van der Waals surface area contributed by atoms with E-state index in [2.05, 4.69) is 30.5 Å². The van der Waals surface area contributed by atoms with Crippen LogP contribution in [0.5, 0.6) is 5.75 Å². The molecule has 2 aromatic heterocycles. The largest absolute Gasteiger partial charge is 0.491 e. The van der Waals surface area contributed by atoms with Gasteiger partial charge in [0.15, 0.2) is 17.4 Å². The van der Waals surface area contributed by atoms with Gasteiger partial charge in [-0.15, -0.1) is 0 Å². The van der Waals surface area contributed by atoms with Crippen LogP contribution in [0.3, 0.4) is 0 Å². The molecule has 1 atom stereocenters. The molecule has 1 unspecified atom stereocenters. The Labute approximate surface area is 206 Å². The molecule has 4 rings (SSSR count). The van der Waals surface area contributed by atoms with Crippen LogP contribution in [-0.4, -0.2) is 65.2 Å². The lowest BCUT2D eigenvalue weighted by Gasteiger charge is -2.16. The first-order valence-electron chi connectivity index (χ1n) is 11.2. The van der Waals surface area contributed by atoms with E-state index >= 15 is 0 Å². The van der Waals surface area contributed by atoms with Crippen LogP contribution in [0.4, 0.5) is 20.3 Å². The molecule has 1 saturated heterocycles. The van der Waals surface area contributed by atoms with Gasteiger partial charge in [-0.1, -0.05) is 11.6 Å². The summed E-state index contributed by atoms with van der Waals surface area (Å²) in [5.41, 5.74) is 0.869. The summed E-state index contributed by atoms with van der Waals surface area (Å²) in [6, 6.07) is 5.74. The number of likely N-dealkylation sites (tertiary alicyclic amines) is 1. The average Bonchev–Trinajstić information content (AvgIpc) is 3.28. The van der Waals surface area contributed by atoms with E-state index in [4.69, 9.17) is 16.3 Å². The van der Waals surface area contributed by atoms with Crippen molar-refractivity contribution < 1.29 is 18.3 Å². The zero-order valence-electron chi connectivity index (χ0n) is 19.1. The van der Waals surface area contributed by atoms with Crippen LogP contribution < -0.4 is 15.4 Å². The Balaban J connectivity index is 1.48. The molecule has 0 bridgehead atoms. The topological polar surface area (TPSA) is 92.3 Å². The minimum atomic E-state index is -0.761. The van der Waals surface area contributed by atoms with Gasteiger partial charge in [-0.25, -0.2) is 18.7 Å². The van der Waals surface area contributed by atoms with Crippen molar-refractivity contribution in [3.05, 3.63) is 59.3 Å². The highest BCUT2D eigenvalue weighted by Gasteiger charge is 2.21. The van der Waals surface area contributed by atoms with Crippen molar-refractivity contribution in [3.63, 3.8) is 0 Å². The number of aromatic nitrogens is 3. The SMILES string of the molecule is COc1cnc(-c2cc(Cl)ccc2F)nc1Nc1ccncc1C(=O)NCCCN1CCC(F)C1. The standard InChI is InChI=1S/C24H25ClF2N6O2/c1-35-21-13-30-22(17-11-15(25)3-4-19(17)27)32-23(21)31-20-5-8-28-12-18(20)24(34)29-7-2-9-33-10-6-16(26)14-33/h3-5,8,11-13,16H,2,6-7,9-10,14H2,1H3,(H,29,34)(H,28,30,31,32). The molecule has 0 radical (unpaired) electrons. The molecule has 1 amide bonds. The van der Waals surface area contributed by atoms with Crippen molar-refractivity contribution in [3.8, 4) is 17.1 Å². The second kappa shape index (κ2) is 11.4. The third-order valence-electron chi connectivity index (χ3n) is 5.61. The van der Waals surface area contributed by atoms with Gasteiger partial charge in [-0.2, -0.15) is 0 Å². The lowest BCUT2D eigenvalue weighted by Crippen LogP contribution is -2.29. The molecule has 35 heavy (non-hydrogen) atoms. The minimum absolute atomic E-state index is 0.103. The number of benzene rings is 1. The van der Waals surface area contributed by atoms with E-state index in [1.165, 1.54) is 43.9 Å². The molecule has 3 heterocycles. The Bertz CT molecular complexity index is 1200. The van der Waals surface area contributed by atoms with Gasteiger partial charge in [0.2, 0.25) is 0 Å².